The summed E-state index contributed by atoms with van der Waals surface area (Å²) in [5.41, 5.74) is 0.932. The molecule has 1 aliphatic carbocycles. The van der Waals surface area contributed by atoms with Gasteiger partial charge in [-0.1, -0.05) is 17.7 Å². The Morgan fingerprint density at radius 1 is 1.42 bits per heavy atom. The van der Waals surface area contributed by atoms with Crippen molar-refractivity contribution in [1.82, 2.24) is 10.3 Å². The molecule has 1 aliphatic rings. The van der Waals surface area contributed by atoms with Gasteiger partial charge < -0.3 is 5.32 Å². The van der Waals surface area contributed by atoms with Crippen molar-refractivity contribution >= 4 is 17.4 Å². The highest BCUT2D eigenvalue weighted by molar-refractivity contribution is 6.29. The molecule has 0 aliphatic heterocycles. The Labute approximate surface area is 114 Å². The molecule has 100 valence electrons. The van der Waals surface area contributed by atoms with Gasteiger partial charge in [0.25, 0.3) is 0 Å². The molecular weight excluding hydrogens is 270 g/mol. The van der Waals surface area contributed by atoms with Crippen LogP contribution in [0.4, 0.5) is 0 Å². The van der Waals surface area contributed by atoms with Crippen LogP contribution in [-0.4, -0.2) is 15.7 Å². The number of nitrogens with one attached hydrogen (secondary N) is 1. The summed E-state index contributed by atoms with van der Waals surface area (Å²) >= 11 is 5.67. The number of nitrogens with zero attached hydrogens (tertiary/aromatic N) is 2. The average molecular weight is 282 g/mol. The van der Waals surface area contributed by atoms with Gasteiger partial charge in [-0.3, -0.25) is 14.9 Å². The Balaban J connectivity index is 2.12. The molecule has 0 atom stereocenters. The van der Waals surface area contributed by atoms with E-state index >= 15 is 0 Å². The monoisotopic (exact) mass is 281 g/mol. The van der Waals surface area contributed by atoms with Gasteiger partial charge in [-0.15, -0.1) is 0 Å². The number of Topliss-reactive ketones (excluding diaryl/α,β-unsaturated/α-hetero) is 1. The van der Waals surface area contributed by atoms with Gasteiger partial charge in [0.2, 0.25) is 5.78 Å². The number of halogens is 1. The molecule has 0 spiro atoms. The van der Waals surface area contributed by atoms with Gasteiger partial charge in [-0.25, -0.2) is 4.98 Å². The quantitative estimate of drug-likeness (QED) is 0.519. The van der Waals surface area contributed by atoms with Crippen LogP contribution < -0.4 is 5.32 Å². The molecule has 0 fully saturated rings. The lowest BCUT2D eigenvalue weighted by Gasteiger charge is -2.15. The second-order valence-electron chi connectivity index (χ2n) is 4.20. The maximum atomic E-state index is 11.5. The molecule has 1 N–H and O–H groups in total. The van der Waals surface area contributed by atoms with Crippen LogP contribution in [0.1, 0.15) is 24.8 Å². The summed E-state index contributed by atoms with van der Waals surface area (Å²) in [5.74, 6) is -0.409. The molecule has 1 heterocycles. The molecule has 0 radical (unpaired) electrons. The number of allylic oxidation sites excluding steroid dienone is 2. The number of hydrogen-bond acceptors (Lipinski definition) is 5. The Bertz CT molecular complexity index is 540. The number of carbonyl (C=O) groups excluding carboxylic acids is 1. The molecule has 1 aromatic rings. The first kappa shape index (κ1) is 13.5. The first-order valence-electron chi connectivity index (χ1n) is 5.83. The summed E-state index contributed by atoms with van der Waals surface area (Å²) in [6.07, 6.45) is 2.98. The van der Waals surface area contributed by atoms with Gasteiger partial charge in [0.15, 0.2) is 0 Å². The number of nitro groups is 1. The van der Waals surface area contributed by atoms with Crippen LogP contribution in [0, 0.1) is 10.1 Å². The van der Waals surface area contributed by atoms with Crippen molar-refractivity contribution in [3.05, 3.63) is 50.6 Å². The summed E-state index contributed by atoms with van der Waals surface area (Å²) in [6, 6.07) is 3.42. The summed E-state index contributed by atoms with van der Waals surface area (Å²) in [6.45, 7) is 0.379. The van der Waals surface area contributed by atoms with Crippen LogP contribution in [0.15, 0.2) is 29.7 Å². The number of rotatable bonds is 4. The van der Waals surface area contributed by atoms with Gasteiger partial charge in [0.1, 0.15) is 5.15 Å². The minimum absolute atomic E-state index is 0.240. The van der Waals surface area contributed by atoms with Gasteiger partial charge in [-0.2, -0.15) is 0 Å². The minimum Gasteiger partial charge on any atom is -0.379 e. The predicted octanol–water partition coefficient (Wildman–Crippen LogP) is 2.07. The van der Waals surface area contributed by atoms with E-state index in [4.69, 9.17) is 11.6 Å². The van der Waals surface area contributed by atoms with Crippen molar-refractivity contribution in [2.75, 3.05) is 0 Å². The molecule has 7 heteroatoms. The zero-order chi connectivity index (χ0) is 13.8. The Kier molecular flexibility index (Phi) is 4.11. The van der Waals surface area contributed by atoms with Crippen LogP contribution in [-0.2, 0) is 11.3 Å². The topological polar surface area (TPSA) is 85.1 Å². The van der Waals surface area contributed by atoms with E-state index in [0.717, 1.165) is 5.56 Å². The molecule has 19 heavy (non-hydrogen) atoms. The van der Waals surface area contributed by atoms with E-state index in [1.165, 1.54) is 0 Å². The third kappa shape index (κ3) is 3.29. The molecule has 0 aromatic carbocycles. The predicted molar refractivity (Wildman–Crippen MR) is 69.0 cm³/mol. The van der Waals surface area contributed by atoms with Gasteiger partial charge in [-0.05, 0) is 24.5 Å². The number of carbonyl (C=O) groups is 1. The molecule has 6 nitrogen and oxygen atoms in total. The second kappa shape index (κ2) is 5.79. The summed E-state index contributed by atoms with van der Waals surface area (Å²) in [7, 11) is 0. The zero-order valence-electron chi connectivity index (χ0n) is 10.1. The van der Waals surface area contributed by atoms with Crippen molar-refractivity contribution in [1.29, 1.82) is 0 Å². The normalized spacial score (nSPS) is 15.5. The van der Waals surface area contributed by atoms with Gasteiger partial charge in [0.05, 0.1) is 10.6 Å². The van der Waals surface area contributed by atoms with E-state index < -0.39 is 10.7 Å². The SMILES string of the molecule is O=C1CCCC(NCc2ccc(Cl)nc2)=C1[N+](=O)[O-]. The average Bonchev–Trinajstić information content (AvgIpc) is 2.37. The van der Waals surface area contributed by atoms with Crippen molar-refractivity contribution in [2.24, 2.45) is 0 Å². The van der Waals surface area contributed by atoms with Crippen molar-refractivity contribution in [3.8, 4) is 0 Å². The summed E-state index contributed by atoms with van der Waals surface area (Å²) in [5, 5.41) is 14.2. The molecule has 0 amide bonds. The number of aromatic nitrogens is 1. The standard InChI is InChI=1S/C12H12ClN3O3/c13-11-5-4-8(7-15-11)6-14-9-2-1-3-10(17)12(9)16(18)19/h4-5,7,14H,1-3,6H2. The molecule has 0 unspecified atom stereocenters. The highest BCUT2D eigenvalue weighted by Gasteiger charge is 2.30. The Morgan fingerprint density at radius 3 is 2.84 bits per heavy atom. The number of pyridine rings is 1. The van der Waals surface area contributed by atoms with Crippen LogP contribution in [0.2, 0.25) is 5.15 Å². The van der Waals surface area contributed by atoms with E-state index in [9.17, 15) is 14.9 Å². The summed E-state index contributed by atoms with van der Waals surface area (Å²) in [4.78, 5) is 25.7. The number of ketones is 1. The molecule has 1 aromatic heterocycles. The van der Waals surface area contributed by atoms with Crippen molar-refractivity contribution in [2.45, 2.75) is 25.8 Å². The minimum atomic E-state index is -0.607. The fourth-order valence-electron chi connectivity index (χ4n) is 1.93. The third-order valence-corrected chi connectivity index (χ3v) is 3.08. The lowest BCUT2D eigenvalue weighted by atomic mass is 10.00. The van der Waals surface area contributed by atoms with E-state index in [1.54, 1.807) is 18.3 Å². The van der Waals surface area contributed by atoms with Crippen LogP contribution in [0.3, 0.4) is 0 Å². The zero-order valence-corrected chi connectivity index (χ0v) is 10.8. The largest absolute Gasteiger partial charge is 0.379 e. The fourth-order valence-corrected chi connectivity index (χ4v) is 2.05. The number of hydrogen-bond donors (Lipinski definition) is 1. The molecular formula is C12H12ClN3O3. The van der Waals surface area contributed by atoms with E-state index in [2.05, 4.69) is 10.3 Å². The van der Waals surface area contributed by atoms with Crippen molar-refractivity contribution < 1.29 is 9.72 Å². The van der Waals surface area contributed by atoms with Gasteiger partial charge >= 0.3 is 5.70 Å². The van der Waals surface area contributed by atoms with E-state index in [0.29, 0.717) is 30.2 Å². The van der Waals surface area contributed by atoms with Crippen LogP contribution in [0.25, 0.3) is 0 Å². The summed E-state index contributed by atoms with van der Waals surface area (Å²) < 4.78 is 0. The molecule has 2 rings (SSSR count). The van der Waals surface area contributed by atoms with E-state index in [-0.39, 0.29) is 12.1 Å². The Hall–Kier alpha value is -1.95. The smallest absolute Gasteiger partial charge is 0.330 e. The molecule has 0 saturated carbocycles. The van der Waals surface area contributed by atoms with E-state index in [1.807, 2.05) is 0 Å². The first-order chi connectivity index (χ1) is 9.08. The highest BCUT2D eigenvalue weighted by Crippen LogP contribution is 2.21. The van der Waals surface area contributed by atoms with Crippen LogP contribution in [0.5, 0.6) is 0 Å². The van der Waals surface area contributed by atoms with Gasteiger partial charge in [0, 0.05) is 19.2 Å². The lowest BCUT2D eigenvalue weighted by molar-refractivity contribution is -0.421. The van der Waals surface area contributed by atoms with Crippen LogP contribution >= 0.6 is 11.6 Å². The lowest BCUT2D eigenvalue weighted by Crippen LogP contribution is -2.26. The van der Waals surface area contributed by atoms with Crippen molar-refractivity contribution in [3.63, 3.8) is 0 Å². The molecule has 0 saturated heterocycles. The Morgan fingerprint density at radius 2 is 2.21 bits per heavy atom. The highest BCUT2D eigenvalue weighted by atomic mass is 35.5. The third-order valence-electron chi connectivity index (χ3n) is 2.86. The maximum absolute atomic E-state index is 11.5. The maximum Gasteiger partial charge on any atom is 0.330 e. The molecule has 0 bridgehead atoms. The first-order valence-corrected chi connectivity index (χ1v) is 6.21. The second-order valence-corrected chi connectivity index (χ2v) is 4.59. The fraction of sp³-hybridized carbons (Fsp3) is 0.333.